The maximum atomic E-state index is 13.5. The lowest BCUT2D eigenvalue weighted by Crippen LogP contribution is -2.55. The van der Waals surface area contributed by atoms with Gasteiger partial charge >= 0.3 is 17.8 Å². The fourth-order valence-electron chi connectivity index (χ4n) is 4.46. The summed E-state index contributed by atoms with van der Waals surface area (Å²) in [7, 11) is 0. The summed E-state index contributed by atoms with van der Waals surface area (Å²) in [6.45, 7) is 2.87. The van der Waals surface area contributed by atoms with Crippen molar-refractivity contribution in [3.8, 4) is 0 Å². The van der Waals surface area contributed by atoms with E-state index in [1.807, 2.05) is 30.3 Å². The highest BCUT2D eigenvalue weighted by Gasteiger charge is 2.34. The third-order valence-electron chi connectivity index (χ3n) is 6.82. The number of thiol groups is 1. The van der Waals surface area contributed by atoms with Gasteiger partial charge in [0.2, 0.25) is 11.8 Å². The number of hydrogen-bond donors (Lipinski definition) is 5. The summed E-state index contributed by atoms with van der Waals surface area (Å²) >= 11 is 4.57. The summed E-state index contributed by atoms with van der Waals surface area (Å²) in [6.07, 6.45) is 4.10. The maximum absolute atomic E-state index is 13.5. The van der Waals surface area contributed by atoms with Gasteiger partial charge in [0.1, 0.15) is 6.04 Å². The first-order valence-electron chi connectivity index (χ1n) is 13.3. The molecule has 2 aliphatic rings. The molecule has 0 bridgehead atoms. The number of esters is 1. The van der Waals surface area contributed by atoms with Crippen LogP contribution in [0.2, 0.25) is 0 Å². The van der Waals surface area contributed by atoms with Crippen molar-refractivity contribution in [3.63, 3.8) is 0 Å². The molecule has 1 aliphatic carbocycles. The van der Waals surface area contributed by atoms with Gasteiger partial charge in [0.05, 0.1) is 13.0 Å². The van der Waals surface area contributed by atoms with Gasteiger partial charge < -0.3 is 26.0 Å². The van der Waals surface area contributed by atoms with Crippen LogP contribution in [-0.2, 0) is 35.1 Å². The second-order valence-electron chi connectivity index (χ2n) is 9.91. The van der Waals surface area contributed by atoms with E-state index >= 15 is 0 Å². The van der Waals surface area contributed by atoms with Crippen molar-refractivity contribution in [1.29, 1.82) is 0 Å². The van der Waals surface area contributed by atoms with E-state index in [9.17, 15) is 24.0 Å². The van der Waals surface area contributed by atoms with Gasteiger partial charge in [-0.2, -0.15) is 12.6 Å². The van der Waals surface area contributed by atoms with Gasteiger partial charge in [-0.15, -0.1) is 0 Å². The van der Waals surface area contributed by atoms with Gasteiger partial charge in [0.25, 0.3) is 0 Å². The molecular formula is C27H38N4O6S. The molecule has 0 unspecified atom stereocenters. The van der Waals surface area contributed by atoms with Gasteiger partial charge in [-0.3, -0.25) is 24.0 Å². The second-order valence-corrected chi connectivity index (χ2v) is 10.6. The van der Waals surface area contributed by atoms with Gasteiger partial charge in [-0.05, 0) is 37.7 Å². The van der Waals surface area contributed by atoms with Crippen LogP contribution in [0.4, 0.5) is 0 Å². The highest BCUT2D eigenvalue weighted by Crippen LogP contribution is 2.31. The van der Waals surface area contributed by atoms with Crippen molar-refractivity contribution in [2.45, 2.75) is 69.2 Å². The zero-order valence-electron chi connectivity index (χ0n) is 21.7. The summed E-state index contributed by atoms with van der Waals surface area (Å²) in [5.41, 5.74) is 0.794. The molecule has 1 saturated heterocycles. The van der Waals surface area contributed by atoms with Crippen LogP contribution in [0.5, 0.6) is 0 Å². The van der Waals surface area contributed by atoms with E-state index in [-0.39, 0.29) is 37.7 Å². The maximum Gasteiger partial charge on any atom is 0.309 e. The Bertz CT molecular complexity index is 987. The van der Waals surface area contributed by atoms with Crippen LogP contribution in [0.25, 0.3) is 0 Å². The number of carbonyl (C=O) groups is 5. The lowest BCUT2D eigenvalue weighted by atomic mass is 9.94. The van der Waals surface area contributed by atoms with E-state index in [0.29, 0.717) is 25.4 Å². The molecule has 208 valence electrons. The molecule has 4 amide bonds. The minimum absolute atomic E-state index is 0.0602. The normalized spacial score (nSPS) is 19.0. The predicted molar refractivity (Wildman–Crippen MR) is 144 cm³/mol. The van der Waals surface area contributed by atoms with Crippen molar-refractivity contribution in [1.82, 2.24) is 21.3 Å². The molecule has 1 aromatic rings. The molecule has 1 heterocycles. The van der Waals surface area contributed by atoms with Crippen LogP contribution in [0.1, 0.15) is 51.0 Å². The van der Waals surface area contributed by atoms with Crippen LogP contribution < -0.4 is 21.3 Å². The smallest absolute Gasteiger partial charge is 0.309 e. The molecule has 1 aliphatic heterocycles. The van der Waals surface area contributed by atoms with E-state index in [2.05, 4.69) is 33.9 Å². The first-order valence-corrected chi connectivity index (χ1v) is 13.8. The van der Waals surface area contributed by atoms with Crippen molar-refractivity contribution in [2.75, 3.05) is 19.7 Å². The molecule has 1 aromatic carbocycles. The number of ether oxygens (including phenoxy) is 1. The predicted octanol–water partition coefficient (Wildman–Crippen LogP) is 0.893. The molecule has 0 aromatic heterocycles. The van der Waals surface area contributed by atoms with Crippen molar-refractivity contribution in [3.05, 3.63) is 35.9 Å². The van der Waals surface area contributed by atoms with Gasteiger partial charge in [0.15, 0.2) is 0 Å². The Labute approximate surface area is 228 Å². The highest BCUT2D eigenvalue weighted by molar-refractivity contribution is 7.81. The molecule has 4 atom stereocenters. The van der Waals surface area contributed by atoms with Gasteiger partial charge in [-0.25, -0.2) is 0 Å². The van der Waals surface area contributed by atoms with E-state index in [0.717, 1.165) is 24.8 Å². The summed E-state index contributed by atoms with van der Waals surface area (Å²) in [5, 5.41) is 10.2. The number of nitrogens with one attached hydrogen (secondary N) is 4. The minimum Gasteiger partial charge on any atom is -0.466 e. The van der Waals surface area contributed by atoms with Crippen LogP contribution in [0.15, 0.2) is 30.3 Å². The third-order valence-corrected chi connectivity index (χ3v) is 7.36. The molecule has 3 rings (SSSR count). The highest BCUT2D eigenvalue weighted by atomic mass is 32.1. The van der Waals surface area contributed by atoms with E-state index in [1.165, 1.54) is 0 Å². The van der Waals surface area contributed by atoms with Crippen molar-refractivity contribution < 1.29 is 28.7 Å². The minimum atomic E-state index is -1.05. The molecule has 38 heavy (non-hydrogen) atoms. The van der Waals surface area contributed by atoms with E-state index < -0.39 is 41.0 Å². The fourth-order valence-corrected chi connectivity index (χ4v) is 4.81. The Kier molecular flexibility index (Phi) is 11.4. The quantitative estimate of drug-likeness (QED) is 0.133. The molecule has 2 fully saturated rings. The SMILES string of the molecule is CCOC(=O)C[C@H](S)[C@H](C[C@@H]1CCNC1=O)NC(=O)[C@H](Cc1ccccc1)NC(=O)C(=O)NCCC1CC1. The van der Waals surface area contributed by atoms with Crippen molar-refractivity contribution >= 4 is 42.2 Å². The first-order chi connectivity index (χ1) is 18.3. The average molecular weight is 547 g/mol. The average Bonchev–Trinajstić information content (AvgIpc) is 3.63. The third kappa shape index (κ3) is 9.66. The van der Waals surface area contributed by atoms with Gasteiger partial charge in [-0.1, -0.05) is 43.2 Å². The van der Waals surface area contributed by atoms with Crippen LogP contribution in [0.3, 0.4) is 0 Å². The summed E-state index contributed by atoms with van der Waals surface area (Å²) in [5.74, 6) is -2.51. The lowest BCUT2D eigenvalue weighted by molar-refractivity contribution is -0.143. The molecule has 10 nitrogen and oxygen atoms in total. The zero-order chi connectivity index (χ0) is 27.5. The number of carbonyl (C=O) groups excluding carboxylic acids is 5. The summed E-state index contributed by atoms with van der Waals surface area (Å²) in [6, 6.07) is 7.43. The van der Waals surface area contributed by atoms with E-state index in [4.69, 9.17) is 4.74 Å². The summed E-state index contributed by atoms with van der Waals surface area (Å²) in [4.78, 5) is 62.9. The number of rotatable bonds is 14. The van der Waals surface area contributed by atoms with Crippen LogP contribution >= 0.6 is 12.6 Å². The van der Waals surface area contributed by atoms with Crippen molar-refractivity contribution in [2.24, 2.45) is 11.8 Å². The zero-order valence-corrected chi connectivity index (χ0v) is 22.6. The second kappa shape index (κ2) is 14.8. The monoisotopic (exact) mass is 546 g/mol. The first kappa shape index (κ1) is 29.5. The number of amides is 4. The Morgan fingerprint density at radius 3 is 2.45 bits per heavy atom. The lowest BCUT2D eigenvalue weighted by Gasteiger charge is -2.28. The molecular weight excluding hydrogens is 508 g/mol. The number of benzene rings is 1. The topological polar surface area (TPSA) is 143 Å². The fraction of sp³-hybridized carbons (Fsp3) is 0.593. The molecule has 4 N–H and O–H groups in total. The molecule has 1 saturated carbocycles. The van der Waals surface area contributed by atoms with Crippen LogP contribution in [-0.4, -0.2) is 66.6 Å². The molecule has 11 heteroatoms. The molecule has 0 spiro atoms. The van der Waals surface area contributed by atoms with Crippen LogP contribution in [0, 0.1) is 11.8 Å². The largest absolute Gasteiger partial charge is 0.466 e. The standard InChI is InChI=1S/C27H38N4O6S/c1-2-37-23(32)16-22(38)20(15-19-11-13-28-24(19)33)30-25(34)21(14-18-6-4-3-5-7-18)31-27(36)26(35)29-12-10-17-8-9-17/h3-7,17,19-22,38H,2,8-16H2,1H3,(H,28,33)(H,29,35)(H,30,34)(H,31,36)/t19-,20-,21-,22-/m0/s1. The summed E-state index contributed by atoms with van der Waals surface area (Å²) < 4.78 is 5.03. The Balaban J connectivity index is 1.70. The van der Waals surface area contributed by atoms with E-state index in [1.54, 1.807) is 6.92 Å². The Morgan fingerprint density at radius 2 is 1.82 bits per heavy atom. The number of hydrogen-bond acceptors (Lipinski definition) is 7. The Morgan fingerprint density at radius 1 is 1.08 bits per heavy atom. The van der Waals surface area contributed by atoms with Gasteiger partial charge in [0, 0.05) is 36.7 Å². The molecule has 0 radical (unpaired) electrons. The Hall–Kier alpha value is -3.08.